The van der Waals surface area contributed by atoms with Crippen LogP contribution in [0, 0.1) is 0 Å². The van der Waals surface area contributed by atoms with Crippen LogP contribution in [0.3, 0.4) is 0 Å². The third-order valence-electron chi connectivity index (χ3n) is 2.05. The Hall–Kier alpha value is -2.09. The van der Waals surface area contributed by atoms with E-state index in [9.17, 15) is 14.4 Å². The van der Waals surface area contributed by atoms with Crippen molar-refractivity contribution < 1.29 is 23.5 Å². The van der Waals surface area contributed by atoms with Gasteiger partial charge in [-0.15, -0.1) is 0 Å². The second-order valence-corrected chi connectivity index (χ2v) is 4.31. The fourth-order valence-electron chi connectivity index (χ4n) is 1.07. The number of ether oxygens (including phenoxy) is 1. The van der Waals surface area contributed by atoms with Gasteiger partial charge in [-0.1, -0.05) is 0 Å². The van der Waals surface area contributed by atoms with Gasteiger partial charge in [-0.2, -0.15) is 0 Å². The highest BCUT2D eigenvalue weighted by Crippen LogP contribution is 2.14. The molecule has 0 bridgehead atoms. The fraction of sp³-hybridized carbons (Fsp3) is 0.250. The normalized spacial score (nSPS) is 10.3. The predicted octanol–water partition coefficient (Wildman–Crippen LogP) is 0.461. The summed E-state index contributed by atoms with van der Waals surface area (Å²) in [5.41, 5.74) is 0. The van der Waals surface area contributed by atoms with Crippen molar-refractivity contribution in [2.75, 3.05) is 20.2 Å². The third-order valence-corrected chi connectivity index (χ3v) is 2.47. The SMILES string of the molecule is CNC(=O)CNC(=O)COC(=O)/C=C/c1ccc(Br)o1. The van der Waals surface area contributed by atoms with E-state index >= 15 is 0 Å². The Morgan fingerprint density at radius 3 is 2.70 bits per heavy atom. The number of carbonyl (C=O) groups is 3. The molecule has 0 aliphatic carbocycles. The van der Waals surface area contributed by atoms with Gasteiger partial charge in [0, 0.05) is 13.1 Å². The summed E-state index contributed by atoms with van der Waals surface area (Å²) >= 11 is 3.12. The van der Waals surface area contributed by atoms with Crippen LogP contribution in [0.5, 0.6) is 0 Å². The maximum Gasteiger partial charge on any atom is 0.331 e. The van der Waals surface area contributed by atoms with E-state index in [4.69, 9.17) is 4.42 Å². The molecule has 0 aliphatic heterocycles. The van der Waals surface area contributed by atoms with Crippen LogP contribution in [0.2, 0.25) is 0 Å². The number of rotatable bonds is 6. The number of halogens is 1. The summed E-state index contributed by atoms with van der Waals surface area (Å²) in [4.78, 5) is 33.4. The molecule has 0 aliphatic rings. The van der Waals surface area contributed by atoms with E-state index in [1.54, 1.807) is 12.1 Å². The van der Waals surface area contributed by atoms with Gasteiger partial charge < -0.3 is 19.8 Å². The van der Waals surface area contributed by atoms with E-state index in [0.717, 1.165) is 6.08 Å². The number of esters is 1. The summed E-state index contributed by atoms with van der Waals surface area (Å²) in [7, 11) is 1.45. The van der Waals surface area contributed by atoms with E-state index < -0.39 is 18.5 Å². The molecule has 1 aromatic rings. The van der Waals surface area contributed by atoms with Gasteiger partial charge >= 0.3 is 5.97 Å². The molecular formula is C12H13BrN2O5. The number of nitrogens with one attached hydrogen (secondary N) is 2. The third kappa shape index (κ3) is 6.19. The highest BCUT2D eigenvalue weighted by atomic mass is 79.9. The van der Waals surface area contributed by atoms with Crippen molar-refractivity contribution in [3.63, 3.8) is 0 Å². The maximum absolute atomic E-state index is 11.3. The van der Waals surface area contributed by atoms with E-state index in [2.05, 4.69) is 31.3 Å². The molecule has 20 heavy (non-hydrogen) atoms. The summed E-state index contributed by atoms with van der Waals surface area (Å²) in [6.07, 6.45) is 2.55. The summed E-state index contributed by atoms with van der Waals surface area (Å²) < 4.78 is 10.4. The van der Waals surface area contributed by atoms with E-state index in [1.807, 2.05) is 0 Å². The molecule has 8 heteroatoms. The molecule has 0 radical (unpaired) electrons. The first-order valence-corrected chi connectivity index (χ1v) is 6.38. The minimum absolute atomic E-state index is 0.164. The number of hydrogen-bond acceptors (Lipinski definition) is 5. The Kier molecular flexibility index (Phi) is 6.51. The molecular weight excluding hydrogens is 332 g/mol. The fourth-order valence-corrected chi connectivity index (χ4v) is 1.39. The van der Waals surface area contributed by atoms with Crippen molar-refractivity contribution in [1.29, 1.82) is 0 Å². The molecule has 2 N–H and O–H groups in total. The highest BCUT2D eigenvalue weighted by Gasteiger charge is 2.06. The molecule has 108 valence electrons. The van der Waals surface area contributed by atoms with Gasteiger partial charge in [0.1, 0.15) is 5.76 Å². The first-order valence-electron chi connectivity index (χ1n) is 5.58. The Morgan fingerprint density at radius 2 is 2.10 bits per heavy atom. The molecule has 0 unspecified atom stereocenters. The van der Waals surface area contributed by atoms with Crippen LogP contribution in [-0.4, -0.2) is 38.0 Å². The van der Waals surface area contributed by atoms with Crippen molar-refractivity contribution in [2.45, 2.75) is 0 Å². The largest absolute Gasteiger partial charge is 0.452 e. The Bertz CT molecular complexity index is 524. The van der Waals surface area contributed by atoms with Gasteiger partial charge in [-0.3, -0.25) is 9.59 Å². The summed E-state index contributed by atoms with van der Waals surface area (Å²) in [6, 6.07) is 3.33. The zero-order valence-corrected chi connectivity index (χ0v) is 12.2. The molecule has 7 nitrogen and oxygen atoms in total. The van der Waals surface area contributed by atoms with Crippen molar-refractivity contribution in [3.8, 4) is 0 Å². The zero-order valence-electron chi connectivity index (χ0n) is 10.6. The molecule has 1 rings (SSSR count). The molecule has 0 atom stereocenters. The van der Waals surface area contributed by atoms with E-state index in [1.165, 1.54) is 13.1 Å². The van der Waals surface area contributed by atoms with Crippen molar-refractivity contribution in [1.82, 2.24) is 10.6 Å². The van der Waals surface area contributed by atoms with Gasteiger partial charge in [0.2, 0.25) is 5.91 Å². The number of furan rings is 1. The monoisotopic (exact) mass is 344 g/mol. The summed E-state index contributed by atoms with van der Waals surface area (Å²) in [5, 5.41) is 4.63. The Labute approximate surface area is 123 Å². The highest BCUT2D eigenvalue weighted by molar-refractivity contribution is 9.10. The second kappa shape index (κ2) is 8.16. The van der Waals surface area contributed by atoms with E-state index in [0.29, 0.717) is 10.4 Å². The molecule has 0 spiro atoms. The van der Waals surface area contributed by atoms with Crippen LogP contribution in [0.1, 0.15) is 5.76 Å². The van der Waals surface area contributed by atoms with Crippen molar-refractivity contribution in [3.05, 3.63) is 28.6 Å². The Balaban J connectivity index is 2.27. The lowest BCUT2D eigenvalue weighted by Gasteiger charge is -2.04. The summed E-state index contributed by atoms with van der Waals surface area (Å²) in [6.45, 7) is -0.620. The van der Waals surface area contributed by atoms with Crippen molar-refractivity contribution >= 4 is 39.8 Å². The van der Waals surface area contributed by atoms with Crippen LogP contribution in [-0.2, 0) is 19.1 Å². The second-order valence-electron chi connectivity index (χ2n) is 3.53. The first-order chi connectivity index (χ1) is 9.51. The topological polar surface area (TPSA) is 97.6 Å². The van der Waals surface area contributed by atoms with Crippen LogP contribution >= 0.6 is 15.9 Å². The smallest absolute Gasteiger partial charge is 0.331 e. The van der Waals surface area contributed by atoms with Crippen LogP contribution in [0.25, 0.3) is 6.08 Å². The predicted molar refractivity (Wildman–Crippen MR) is 73.5 cm³/mol. The average Bonchev–Trinajstić information content (AvgIpc) is 2.85. The van der Waals surface area contributed by atoms with Gasteiger partial charge in [0.15, 0.2) is 11.3 Å². The van der Waals surface area contributed by atoms with Gasteiger partial charge in [0.05, 0.1) is 6.54 Å². The first kappa shape index (κ1) is 16.0. The molecule has 1 aromatic heterocycles. The lowest BCUT2D eigenvalue weighted by molar-refractivity contribution is -0.143. The molecule has 0 aromatic carbocycles. The average molecular weight is 345 g/mol. The lowest BCUT2D eigenvalue weighted by atomic mass is 10.4. The van der Waals surface area contributed by atoms with Gasteiger partial charge in [0.25, 0.3) is 5.91 Å². The molecule has 0 fully saturated rings. The lowest BCUT2D eigenvalue weighted by Crippen LogP contribution is -2.37. The number of likely N-dealkylation sites (N-methyl/N-ethyl adjacent to an activating group) is 1. The zero-order chi connectivity index (χ0) is 15.0. The number of carbonyl (C=O) groups excluding carboxylic acids is 3. The molecule has 0 saturated carbocycles. The molecule has 1 heterocycles. The van der Waals surface area contributed by atoms with Gasteiger partial charge in [-0.05, 0) is 34.1 Å². The quantitative estimate of drug-likeness (QED) is 0.577. The van der Waals surface area contributed by atoms with Crippen LogP contribution < -0.4 is 10.6 Å². The van der Waals surface area contributed by atoms with Gasteiger partial charge in [-0.25, -0.2) is 4.79 Å². The van der Waals surface area contributed by atoms with E-state index in [-0.39, 0.29) is 12.5 Å². The van der Waals surface area contributed by atoms with Crippen LogP contribution in [0.4, 0.5) is 0 Å². The molecule has 0 saturated heterocycles. The maximum atomic E-state index is 11.3. The molecule has 2 amide bonds. The minimum atomic E-state index is -0.687. The summed E-state index contributed by atoms with van der Waals surface area (Å²) in [5.74, 6) is -1.12. The number of amides is 2. The van der Waals surface area contributed by atoms with Crippen molar-refractivity contribution in [2.24, 2.45) is 0 Å². The van der Waals surface area contributed by atoms with Crippen LogP contribution in [0.15, 0.2) is 27.3 Å². The number of hydrogen-bond donors (Lipinski definition) is 2. The Morgan fingerprint density at radius 1 is 1.35 bits per heavy atom. The standard InChI is InChI=1S/C12H13BrN2O5/c1-14-10(16)6-15-11(17)7-19-12(18)5-3-8-2-4-9(13)20-8/h2-5H,6-7H2,1H3,(H,14,16)(H,15,17)/b5-3+. The minimum Gasteiger partial charge on any atom is -0.452 e.